The number of aliphatic hydroxyl groups is 1. The first-order valence-corrected chi connectivity index (χ1v) is 8.02. The van der Waals surface area contributed by atoms with Crippen molar-refractivity contribution in [3.8, 4) is 0 Å². The molecular weight excluding hydrogens is 407 g/mol. The van der Waals surface area contributed by atoms with Crippen molar-refractivity contribution >= 4 is 29.9 Å². The lowest BCUT2D eigenvalue weighted by Gasteiger charge is -2.36. The van der Waals surface area contributed by atoms with Crippen molar-refractivity contribution in [3.63, 3.8) is 0 Å². The van der Waals surface area contributed by atoms with Gasteiger partial charge in [-0.05, 0) is 26.2 Å². The molecule has 132 valence electrons. The summed E-state index contributed by atoms with van der Waals surface area (Å²) in [6.07, 6.45) is 4.57. The minimum absolute atomic E-state index is 0. The quantitative estimate of drug-likeness (QED) is 0.376. The molecular formula is C16H29IN4O2. The van der Waals surface area contributed by atoms with Gasteiger partial charge in [0.2, 0.25) is 5.89 Å². The van der Waals surface area contributed by atoms with Crippen LogP contribution in [0.25, 0.3) is 0 Å². The molecule has 1 aliphatic carbocycles. The van der Waals surface area contributed by atoms with Crippen molar-refractivity contribution in [2.75, 3.05) is 13.1 Å². The Morgan fingerprint density at radius 1 is 1.39 bits per heavy atom. The summed E-state index contributed by atoms with van der Waals surface area (Å²) in [5.74, 6) is 2.14. The molecule has 1 fully saturated rings. The molecule has 0 amide bonds. The fourth-order valence-corrected chi connectivity index (χ4v) is 2.23. The summed E-state index contributed by atoms with van der Waals surface area (Å²) >= 11 is 0. The largest absolute Gasteiger partial charge is 0.443 e. The van der Waals surface area contributed by atoms with Crippen molar-refractivity contribution in [2.45, 2.75) is 64.5 Å². The van der Waals surface area contributed by atoms with Crippen LogP contribution in [0, 0.1) is 0 Å². The Morgan fingerprint density at radius 2 is 2.09 bits per heavy atom. The standard InChI is InChI=1S/C16H28N4O2.HI/c1-5-17-14(20-11-16(21)7-6-8-16)19-10-13-18-9-12(22-13)15(2,3)4;/h9,21H,5-8,10-11H2,1-4H3,(H2,17,19,20);1H. The molecule has 1 heterocycles. The van der Waals surface area contributed by atoms with Crippen LogP contribution < -0.4 is 10.6 Å². The van der Waals surface area contributed by atoms with Gasteiger partial charge in [0.15, 0.2) is 5.96 Å². The number of halogens is 1. The SMILES string of the molecule is CCNC(=NCc1ncc(C(C)(C)C)o1)NCC1(O)CCC1.I. The molecule has 1 aliphatic rings. The third-order valence-corrected chi connectivity index (χ3v) is 3.88. The van der Waals surface area contributed by atoms with Gasteiger partial charge in [0, 0.05) is 18.5 Å². The number of hydrogen-bond acceptors (Lipinski definition) is 4. The van der Waals surface area contributed by atoms with Gasteiger partial charge in [0.05, 0.1) is 11.8 Å². The zero-order valence-electron chi connectivity index (χ0n) is 14.5. The van der Waals surface area contributed by atoms with Crippen molar-refractivity contribution in [1.82, 2.24) is 15.6 Å². The number of oxazole rings is 1. The van der Waals surface area contributed by atoms with E-state index in [9.17, 15) is 5.11 Å². The number of hydrogen-bond donors (Lipinski definition) is 3. The predicted molar refractivity (Wildman–Crippen MR) is 102 cm³/mol. The summed E-state index contributed by atoms with van der Waals surface area (Å²) in [6.45, 7) is 9.95. The normalized spacial score (nSPS) is 17.2. The Balaban J connectivity index is 0.00000264. The van der Waals surface area contributed by atoms with Crippen molar-refractivity contribution < 1.29 is 9.52 Å². The average Bonchev–Trinajstić information content (AvgIpc) is 2.88. The lowest BCUT2D eigenvalue weighted by atomic mass is 9.80. The number of nitrogens with zero attached hydrogens (tertiary/aromatic N) is 2. The molecule has 0 spiro atoms. The summed E-state index contributed by atoms with van der Waals surface area (Å²) in [4.78, 5) is 8.74. The van der Waals surface area contributed by atoms with Crippen molar-refractivity contribution in [2.24, 2.45) is 4.99 Å². The van der Waals surface area contributed by atoms with Gasteiger partial charge in [-0.3, -0.25) is 0 Å². The maximum absolute atomic E-state index is 10.1. The van der Waals surface area contributed by atoms with Crippen LogP contribution in [0.2, 0.25) is 0 Å². The Morgan fingerprint density at radius 3 is 2.57 bits per heavy atom. The molecule has 3 N–H and O–H groups in total. The van der Waals surface area contributed by atoms with Crippen LogP contribution in [0.3, 0.4) is 0 Å². The molecule has 1 aromatic heterocycles. The second-order valence-corrected chi connectivity index (χ2v) is 6.99. The van der Waals surface area contributed by atoms with Crippen LogP contribution in [0.1, 0.15) is 58.6 Å². The summed E-state index contributed by atoms with van der Waals surface area (Å²) in [7, 11) is 0. The number of aromatic nitrogens is 1. The first-order chi connectivity index (χ1) is 10.3. The molecule has 1 aromatic rings. The van der Waals surface area contributed by atoms with Crippen LogP contribution in [-0.2, 0) is 12.0 Å². The van der Waals surface area contributed by atoms with E-state index in [2.05, 4.69) is 41.4 Å². The lowest BCUT2D eigenvalue weighted by Crippen LogP contribution is -2.50. The van der Waals surface area contributed by atoms with Crippen LogP contribution in [0.5, 0.6) is 0 Å². The number of guanidine groups is 1. The van der Waals surface area contributed by atoms with Gasteiger partial charge < -0.3 is 20.2 Å². The van der Waals surface area contributed by atoms with E-state index in [0.717, 1.165) is 31.6 Å². The minimum atomic E-state index is -0.571. The van der Waals surface area contributed by atoms with Crippen LogP contribution in [0.4, 0.5) is 0 Å². The number of rotatable bonds is 5. The summed E-state index contributed by atoms with van der Waals surface area (Å²) in [5.41, 5.74) is -0.621. The van der Waals surface area contributed by atoms with Gasteiger partial charge in [-0.1, -0.05) is 20.8 Å². The summed E-state index contributed by atoms with van der Waals surface area (Å²) < 4.78 is 5.73. The Kier molecular flexibility index (Phi) is 7.31. The summed E-state index contributed by atoms with van der Waals surface area (Å²) in [6, 6.07) is 0. The molecule has 23 heavy (non-hydrogen) atoms. The van der Waals surface area contributed by atoms with Gasteiger partial charge in [-0.15, -0.1) is 24.0 Å². The van der Waals surface area contributed by atoms with Gasteiger partial charge >= 0.3 is 0 Å². The van der Waals surface area contributed by atoms with Gasteiger partial charge in [-0.25, -0.2) is 9.98 Å². The summed E-state index contributed by atoms with van der Waals surface area (Å²) in [5, 5.41) is 16.5. The van der Waals surface area contributed by atoms with Crippen LogP contribution >= 0.6 is 24.0 Å². The molecule has 0 unspecified atom stereocenters. The molecule has 0 aromatic carbocycles. The monoisotopic (exact) mass is 436 g/mol. The fourth-order valence-electron chi connectivity index (χ4n) is 2.23. The highest BCUT2D eigenvalue weighted by atomic mass is 127. The second kappa shape index (κ2) is 8.32. The van der Waals surface area contributed by atoms with Crippen LogP contribution in [-0.4, -0.2) is 34.7 Å². The number of aliphatic imine (C=N–C) groups is 1. The highest BCUT2D eigenvalue weighted by Gasteiger charge is 2.34. The van der Waals surface area contributed by atoms with E-state index in [1.807, 2.05) is 6.92 Å². The first-order valence-electron chi connectivity index (χ1n) is 8.02. The molecule has 1 saturated carbocycles. The zero-order valence-corrected chi connectivity index (χ0v) is 16.8. The van der Waals surface area contributed by atoms with E-state index in [1.165, 1.54) is 0 Å². The average molecular weight is 436 g/mol. The lowest BCUT2D eigenvalue weighted by molar-refractivity contribution is -0.0279. The maximum atomic E-state index is 10.1. The maximum Gasteiger partial charge on any atom is 0.216 e. The Labute approximate surface area is 155 Å². The predicted octanol–water partition coefficient (Wildman–Crippen LogP) is 2.56. The van der Waals surface area contributed by atoms with Gasteiger partial charge in [-0.2, -0.15) is 0 Å². The second-order valence-electron chi connectivity index (χ2n) is 6.99. The van der Waals surface area contributed by atoms with E-state index in [4.69, 9.17) is 4.42 Å². The molecule has 0 atom stereocenters. The highest BCUT2D eigenvalue weighted by Crippen LogP contribution is 2.30. The molecule has 0 radical (unpaired) electrons. The van der Waals surface area contributed by atoms with Crippen LogP contribution in [0.15, 0.2) is 15.6 Å². The molecule has 6 nitrogen and oxygen atoms in total. The van der Waals surface area contributed by atoms with Gasteiger partial charge in [0.1, 0.15) is 12.3 Å². The highest BCUT2D eigenvalue weighted by molar-refractivity contribution is 14.0. The van der Waals surface area contributed by atoms with E-state index < -0.39 is 5.60 Å². The van der Waals surface area contributed by atoms with E-state index in [-0.39, 0.29) is 29.4 Å². The fraction of sp³-hybridized carbons (Fsp3) is 0.750. The first kappa shape index (κ1) is 20.2. The molecule has 0 aliphatic heterocycles. The smallest absolute Gasteiger partial charge is 0.216 e. The Bertz CT molecular complexity index is 518. The zero-order chi connectivity index (χ0) is 16.2. The van der Waals surface area contributed by atoms with E-state index in [0.29, 0.717) is 24.9 Å². The third kappa shape index (κ3) is 5.95. The van der Waals surface area contributed by atoms with Crippen molar-refractivity contribution in [1.29, 1.82) is 0 Å². The Hall–Kier alpha value is -0.830. The van der Waals surface area contributed by atoms with Crippen molar-refractivity contribution in [3.05, 3.63) is 17.8 Å². The van der Waals surface area contributed by atoms with E-state index >= 15 is 0 Å². The topological polar surface area (TPSA) is 82.7 Å². The minimum Gasteiger partial charge on any atom is -0.443 e. The van der Waals surface area contributed by atoms with E-state index in [1.54, 1.807) is 6.20 Å². The number of nitrogens with one attached hydrogen (secondary N) is 2. The molecule has 2 rings (SSSR count). The molecule has 7 heteroatoms. The van der Waals surface area contributed by atoms with Gasteiger partial charge in [0.25, 0.3) is 0 Å². The third-order valence-electron chi connectivity index (χ3n) is 3.88. The molecule has 0 saturated heterocycles. The molecule has 0 bridgehead atoms.